The predicted molar refractivity (Wildman–Crippen MR) is 151 cm³/mol. The van der Waals surface area contributed by atoms with Gasteiger partial charge in [0.2, 0.25) is 5.91 Å². The van der Waals surface area contributed by atoms with Crippen molar-refractivity contribution in [2.24, 2.45) is 0 Å². The Bertz CT molecular complexity index is 1310. The van der Waals surface area contributed by atoms with E-state index in [9.17, 15) is 18.3 Å². The number of aryl methyl sites for hydroxylation is 1. The van der Waals surface area contributed by atoms with Gasteiger partial charge in [-0.25, -0.2) is 0 Å². The van der Waals surface area contributed by atoms with E-state index in [1.54, 1.807) is 0 Å². The molecule has 2 aromatic carbocycles. The second kappa shape index (κ2) is 13.3. The van der Waals surface area contributed by atoms with Crippen LogP contribution >= 0.6 is 0 Å². The summed E-state index contributed by atoms with van der Waals surface area (Å²) in [6, 6.07) is 11.5. The number of carbonyl (C=O) groups excluding carboxylic acids is 1. The van der Waals surface area contributed by atoms with Crippen LogP contribution < -0.4 is 5.32 Å². The molecule has 0 atom stereocenters. The highest BCUT2D eigenvalue weighted by atomic mass is 32.3. The lowest BCUT2D eigenvalue weighted by atomic mass is 9.84. The summed E-state index contributed by atoms with van der Waals surface area (Å²) in [7, 11) is 4.84. The molecular weight excluding hydrogens is 522 g/mol. The van der Waals surface area contributed by atoms with Crippen molar-refractivity contribution >= 4 is 27.3 Å². The quantitative estimate of drug-likeness (QED) is 0.284. The van der Waals surface area contributed by atoms with E-state index >= 15 is 0 Å². The number of hydrogen-bond donors (Lipinski definition) is 2. The number of hydrogen-bond acceptors (Lipinski definition) is 8. The number of quaternary nitrogens is 1. The molecule has 0 spiro atoms. The lowest BCUT2D eigenvalue weighted by molar-refractivity contribution is -0.870. The highest BCUT2D eigenvalue weighted by Gasteiger charge is 2.23. The zero-order valence-corrected chi connectivity index (χ0v) is 25.0. The molecule has 216 valence electrons. The van der Waals surface area contributed by atoms with E-state index in [-0.39, 0.29) is 17.1 Å². The smallest absolute Gasteiger partial charge is 0.399 e. The van der Waals surface area contributed by atoms with Crippen LogP contribution in [0.15, 0.2) is 36.4 Å². The maximum atomic E-state index is 12.4. The van der Waals surface area contributed by atoms with Gasteiger partial charge in [0.1, 0.15) is 22.5 Å². The number of carbonyl (C=O) groups is 1. The summed E-state index contributed by atoms with van der Waals surface area (Å²) < 4.78 is 28.4. The number of aromatic nitrogens is 3. The summed E-state index contributed by atoms with van der Waals surface area (Å²) in [6.07, 6.45) is 1.93. The van der Waals surface area contributed by atoms with Gasteiger partial charge in [-0.3, -0.25) is 13.2 Å². The van der Waals surface area contributed by atoms with E-state index in [0.717, 1.165) is 53.8 Å². The molecule has 1 aromatic heterocycles. The molecule has 0 saturated heterocycles. The minimum atomic E-state index is -3.66. The molecule has 0 unspecified atom stereocenters. The number of nitrogens with one attached hydrogen (secondary N) is 1. The van der Waals surface area contributed by atoms with Gasteiger partial charge < -0.3 is 14.9 Å². The van der Waals surface area contributed by atoms with Gasteiger partial charge in [0.15, 0.2) is 0 Å². The molecule has 11 nitrogen and oxygen atoms in total. The van der Waals surface area contributed by atoms with Crippen LogP contribution in [0, 0.1) is 0 Å². The van der Waals surface area contributed by atoms with E-state index in [1.807, 2.05) is 36.4 Å². The fourth-order valence-corrected chi connectivity index (χ4v) is 3.84. The molecular formula is C27H42N5O6S+. The third-order valence-corrected chi connectivity index (χ3v) is 6.65. The Morgan fingerprint density at radius 3 is 2.08 bits per heavy atom. The Labute approximate surface area is 231 Å². The van der Waals surface area contributed by atoms with Gasteiger partial charge in [-0.1, -0.05) is 39.0 Å². The lowest BCUT2D eigenvalue weighted by Crippen LogP contribution is -2.37. The first-order valence-corrected chi connectivity index (χ1v) is 14.0. The van der Waals surface area contributed by atoms with Crippen LogP contribution in [-0.2, 0) is 35.4 Å². The minimum absolute atomic E-state index is 0.0429. The molecule has 1 amide bonds. The van der Waals surface area contributed by atoms with Crippen molar-refractivity contribution in [3.05, 3.63) is 47.5 Å². The summed E-state index contributed by atoms with van der Waals surface area (Å²) in [6.45, 7) is 7.88. The number of aromatic hydroxyl groups is 1. The van der Waals surface area contributed by atoms with Gasteiger partial charge in [-0.15, -0.1) is 15.0 Å². The zero-order valence-electron chi connectivity index (χ0n) is 24.2. The average Bonchev–Trinajstić information content (AvgIpc) is 3.29. The lowest BCUT2D eigenvalue weighted by Gasteiger charge is -2.23. The van der Waals surface area contributed by atoms with Crippen molar-refractivity contribution < 1.29 is 31.2 Å². The van der Waals surface area contributed by atoms with Crippen LogP contribution in [-0.4, -0.2) is 87.4 Å². The average molecular weight is 565 g/mol. The summed E-state index contributed by atoms with van der Waals surface area (Å²) in [5.74, 6) is 0.215. The molecule has 39 heavy (non-hydrogen) atoms. The molecule has 3 aromatic rings. The van der Waals surface area contributed by atoms with Crippen molar-refractivity contribution in [1.82, 2.24) is 20.3 Å². The zero-order chi connectivity index (χ0) is 29.4. The molecule has 12 heteroatoms. The number of fused-ring (bicyclic) bond motifs is 1. The van der Waals surface area contributed by atoms with Crippen molar-refractivity contribution in [2.45, 2.75) is 45.4 Å². The Hall–Kier alpha value is -3.06. The van der Waals surface area contributed by atoms with E-state index in [4.69, 9.17) is 0 Å². The summed E-state index contributed by atoms with van der Waals surface area (Å²) in [5.41, 5.74) is 3.59. The second-order valence-electron chi connectivity index (χ2n) is 11.2. The molecule has 0 aliphatic rings. The first-order valence-electron chi connectivity index (χ1n) is 12.7. The highest BCUT2D eigenvalue weighted by molar-refractivity contribution is 7.81. The van der Waals surface area contributed by atoms with E-state index in [2.05, 4.69) is 65.8 Å². The van der Waals surface area contributed by atoms with E-state index < -0.39 is 10.4 Å². The van der Waals surface area contributed by atoms with Gasteiger partial charge in [0.05, 0.1) is 41.9 Å². The minimum Gasteiger partial charge on any atom is -0.505 e. The maximum Gasteiger partial charge on any atom is 0.399 e. The van der Waals surface area contributed by atoms with Gasteiger partial charge >= 0.3 is 10.4 Å². The first kappa shape index (κ1) is 32.2. The van der Waals surface area contributed by atoms with Gasteiger partial charge in [-0.05, 0) is 35.6 Å². The molecule has 0 saturated carbocycles. The number of benzene rings is 2. The molecule has 0 aliphatic heterocycles. The van der Waals surface area contributed by atoms with Crippen LogP contribution in [0.5, 0.6) is 5.75 Å². The summed E-state index contributed by atoms with van der Waals surface area (Å²) in [5, 5.41) is 23.1. The van der Waals surface area contributed by atoms with Crippen molar-refractivity contribution in [3.8, 4) is 11.4 Å². The number of amides is 1. The largest absolute Gasteiger partial charge is 0.505 e. The fraction of sp³-hybridized carbons (Fsp3) is 0.519. The Morgan fingerprint density at radius 2 is 1.62 bits per heavy atom. The molecule has 0 bridgehead atoms. The van der Waals surface area contributed by atoms with Crippen molar-refractivity contribution in [2.75, 3.05) is 48.5 Å². The van der Waals surface area contributed by atoms with Crippen LogP contribution in [0.1, 0.15) is 44.7 Å². The Kier molecular flexibility index (Phi) is 11.0. The van der Waals surface area contributed by atoms with Gasteiger partial charge in [0, 0.05) is 24.9 Å². The topological polar surface area (TPSA) is 133 Å². The van der Waals surface area contributed by atoms with Crippen LogP contribution in [0.25, 0.3) is 16.7 Å². The highest BCUT2D eigenvalue weighted by Crippen LogP contribution is 2.36. The first-order chi connectivity index (χ1) is 18.1. The normalized spacial score (nSPS) is 12.2. The number of nitrogens with zero attached hydrogens (tertiary/aromatic N) is 4. The third kappa shape index (κ3) is 10.2. The molecule has 1 heterocycles. The monoisotopic (exact) mass is 564 g/mol. The molecule has 0 fully saturated rings. The standard InChI is InChI=1S/C25H35N5O2.C2H6O4S/c1-25(2,3)19-16-18(12-13-23(31)26-14-9-15-30(4,5)6)17-22(24(19)32)29-27-20-10-7-8-11-21(20)28-29;1-5-7(3,4)6-2/h7-8,10-11,16-17H,9,12-15H2,1-6H3,(H-,26,31,32);1-2H3/p+1. The maximum absolute atomic E-state index is 12.4. The number of rotatable bonds is 10. The van der Waals surface area contributed by atoms with Crippen LogP contribution in [0.4, 0.5) is 0 Å². The molecule has 0 aliphatic carbocycles. The molecule has 3 rings (SSSR count). The fourth-order valence-electron chi connectivity index (χ4n) is 3.71. The summed E-state index contributed by atoms with van der Waals surface area (Å²) >= 11 is 0. The van der Waals surface area contributed by atoms with Gasteiger partial charge in [0.25, 0.3) is 0 Å². The summed E-state index contributed by atoms with van der Waals surface area (Å²) in [4.78, 5) is 13.9. The third-order valence-electron chi connectivity index (χ3n) is 5.84. The second-order valence-corrected chi connectivity index (χ2v) is 12.7. The number of phenols is 1. The Balaban J connectivity index is 0.000000673. The van der Waals surface area contributed by atoms with Crippen LogP contribution in [0.2, 0.25) is 0 Å². The van der Waals surface area contributed by atoms with Crippen molar-refractivity contribution in [1.29, 1.82) is 0 Å². The predicted octanol–water partition coefficient (Wildman–Crippen LogP) is 3.09. The van der Waals surface area contributed by atoms with Crippen molar-refractivity contribution in [3.63, 3.8) is 0 Å². The SMILES string of the molecule is CC(C)(C)c1cc(CCC(=O)NCCC[N+](C)(C)C)cc(-n2nc3ccccc3n2)c1O.COS(=O)(=O)OC. The Morgan fingerprint density at radius 1 is 1.05 bits per heavy atom. The van der Waals surface area contributed by atoms with E-state index in [0.29, 0.717) is 25.1 Å². The van der Waals surface area contributed by atoms with Crippen LogP contribution in [0.3, 0.4) is 0 Å². The molecule has 2 N–H and O–H groups in total. The molecule has 0 radical (unpaired) electrons. The van der Waals surface area contributed by atoms with Gasteiger partial charge in [-0.2, -0.15) is 8.42 Å². The van der Waals surface area contributed by atoms with E-state index in [1.165, 1.54) is 4.80 Å². The number of phenolic OH excluding ortho intramolecular Hbond substituents is 1.